The molecule has 0 bridgehead atoms. The Balaban J connectivity index is 1.66. The van der Waals surface area contributed by atoms with Crippen molar-refractivity contribution in [2.75, 3.05) is 13.1 Å². The summed E-state index contributed by atoms with van der Waals surface area (Å²) < 4.78 is 0. The molecule has 0 aromatic carbocycles. The molecule has 0 radical (unpaired) electrons. The van der Waals surface area contributed by atoms with E-state index in [9.17, 15) is 4.79 Å². The summed E-state index contributed by atoms with van der Waals surface area (Å²) in [7, 11) is 0. The fourth-order valence-electron chi connectivity index (χ4n) is 3.69. The minimum absolute atomic E-state index is 0.334. The number of hydrogen-bond donors (Lipinski definition) is 0. The monoisotopic (exact) mass is 219 g/mol. The molecule has 3 aliphatic rings. The second kappa shape index (κ2) is 4.23. The molecule has 0 aromatic heterocycles. The highest BCUT2D eigenvalue weighted by atomic mass is 16.1. The first-order chi connectivity index (χ1) is 7.83. The average molecular weight is 219 g/mol. The minimum atomic E-state index is 0.334. The third-order valence-electron chi connectivity index (χ3n) is 4.65. The molecule has 16 heavy (non-hydrogen) atoms. The Morgan fingerprint density at radius 2 is 1.88 bits per heavy atom. The van der Waals surface area contributed by atoms with Crippen molar-refractivity contribution in [2.24, 2.45) is 11.8 Å². The van der Waals surface area contributed by atoms with Crippen molar-refractivity contribution in [3.63, 3.8) is 0 Å². The predicted octanol–water partition coefficient (Wildman–Crippen LogP) is 2.75. The molecule has 0 aromatic rings. The van der Waals surface area contributed by atoms with Crippen LogP contribution in [0.15, 0.2) is 11.8 Å². The third kappa shape index (κ3) is 1.90. The second-order valence-electron chi connectivity index (χ2n) is 5.64. The van der Waals surface area contributed by atoms with E-state index in [0.717, 1.165) is 24.7 Å². The minimum Gasteiger partial charge on any atom is -0.374 e. The summed E-state index contributed by atoms with van der Waals surface area (Å²) in [6.07, 6.45) is 10.7. The Labute approximate surface area is 97.7 Å². The number of ketones is 1. The molecule has 2 heteroatoms. The number of nitrogens with zero attached hydrogens (tertiary/aromatic N) is 1. The van der Waals surface area contributed by atoms with Crippen LogP contribution in [-0.4, -0.2) is 23.8 Å². The predicted molar refractivity (Wildman–Crippen MR) is 64.0 cm³/mol. The van der Waals surface area contributed by atoms with Gasteiger partial charge in [0.15, 0.2) is 5.78 Å². The lowest BCUT2D eigenvalue weighted by atomic mass is 9.75. The number of piperidine rings is 1. The van der Waals surface area contributed by atoms with Crippen LogP contribution >= 0.6 is 0 Å². The third-order valence-corrected chi connectivity index (χ3v) is 4.65. The van der Waals surface area contributed by atoms with Crippen LogP contribution in [0.4, 0.5) is 0 Å². The van der Waals surface area contributed by atoms with Crippen LogP contribution in [0.1, 0.15) is 44.9 Å². The molecular formula is C14H21NO. The molecule has 1 saturated heterocycles. The molecule has 2 aliphatic carbocycles. The normalized spacial score (nSPS) is 34.9. The standard InChI is InChI=1S/C14H21NO/c16-14-6-5-13(9-14)15-8-7-11-3-1-2-4-12(11)10-15/h9,11-12H,1-8,10H2. The van der Waals surface area contributed by atoms with Crippen molar-refractivity contribution in [1.29, 1.82) is 0 Å². The van der Waals surface area contributed by atoms with E-state index in [1.165, 1.54) is 50.9 Å². The molecular weight excluding hydrogens is 198 g/mol. The summed E-state index contributed by atoms with van der Waals surface area (Å²) in [5, 5.41) is 0. The van der Waals surface area contributed by atoms with Gasteiger partial charge in [0, 0.05) is 31.3 Å². The number of likely N-dealkylation sites (tertiary alicyclic amines) is 1. The Bertz CT molecular complexity index is 321. The van der Waals surface area contributed by atoms with E-state index >= 15 is 0 Å². The first-order valence-corrected chi connectivity index (χ1v) is 6.81. The van der Waals surface area contributed by atoms with E-state index in [1.54, 1.807) is 0 Å². The number of rotatable bonds is 1. The molecule has 1 aliphatic heterocycles. The molecule has 2 atom stereocenters. The Morgan fingerprint density at radius 3 is 2.62 bits per heavy atom. The molecule has 0 amide bonds. The first-order valence-electron chi connectivity index (χ1n) is 6.81. The van der Waals surface area contributed by atoms with Gasteiger partial charge in [0.2, 0.25) is 0 Å². The summed E-state index contributed by atoms with van der Waals surface area (Å²) >= 11 is 0. The van der Waals surface area contributed by atoms with Crippen LogP contribution in [0.25, 0.3) is 0 Å². The van der Waals surface area contributed by atoms with E-state index in [1.807, 2.05) is 6.08 Å². The van der Waals surface area contributed by atoms with Crippen molar-refractivity contribution in [1.82, 2.24) is 4.90 Å². The first kappa shape index (κ1) is 10.4. The summed E-state index contributed by atoms with van der Waals surface area (Å²) in [6.45, 7) is 2.42. The number of fused-ring (bicyclic) bond motifs is 1. The van der Waals surface area contributed by atoms with Crippen molar-refractivity contribution < 1.29 is 4.79 Å². The van der Waals surface area contributed by atoms with Gasteiger partial charge >= 0.3 is 0 Å². The second-order valence-corrected chi connectivity index (χ2v) is 5.64. The van der Waals surface area contributed by atoms with Crippen molar-refractivity contribution in [2.45, 2.75) is 44.9 Å². The topological polar surface area (TPSA) is 20.3 Å². The van der Waals surface area contributed by atoms with Crippen LogP contribution in [0.5, 0.6) is 0 Å². The van der Waals surface area contributed by atoms with Gasteiger partial charge in [-0.25, -0.2) is 0 Å². The van der Waals surface area contributed by atoms with Gasteiger partial charge in [-0.15, -0.1) is 0 Å². The summed E-state index contributed by atoms with van der Waals surface area (Å²) in [4.78, 5) is 13.8. The lowest BCUT2D eigenvalue weighted by Gasteiger charge is -2.42. The van der Waals surface area contributed by atoms with Crippen molar-refractivity contribution in [3.8, 4) is 0 Å². The zero-order chi connectivity index (χ0) is 11.0. The Kier molecular flexibility index (Phi) is 2.74. The number of carbonyl (C=O) groups is 1. The fourth-order valence-corrected chi connectivity index (χ4v) is 3.69. The lowest BCUT2D eigenvalue weighted by Crippen LogP contribution is -2.40. The molecule has 1 heterocycles. The Hall–Kier alpha value is -0.790. The maximum atomic E-state index is 11.3. The number of allylic oxidation sites excluding steroid dienone is 2. The van der Waals surface area contributed by atoms with E-state index in [-0.39, 0.29) is 0 Å². The van der Waals surface area contributed by atoms with E-state index in [2.05, 4.69) is 4.90 Å². The van der Waals surface area contributed by atoms with Crippen LogP contribution in [-0.2, 0) is 4.79 Å². The van der Waals surface area contributed by atoms with E-state index < -0.39 is 0 Å². The molecule has 3 rings (SSSR count). The maximum absolute atomic E-state index is 11.3. The van der Waals surface area contributed by atoms with Crippen LogP contribution in [0.3, 0.4) is 0 Å². The lowest BCUT2D eigenvalue weighted by molar-refractivity contribution is -0.114. The summed E-state index contributed by atoms with van der Waals surface area (Å²) in [6, 6.07) is 0. The Morgan fingerprint density at radius 1 is 1.06 bits per heavy atom. The molecule has 0 spiro atoms. The van der Waals surface area contributed by atoms with Crippen LogP contribution in [0.2, 0.25) is 0 Å². The highest BCUT2D eigenvalue weighted by molar-refractivity contribution is 5.92. The molecule has 0 N–H and O–H groups in total. The molecule has 2 unspecified atom stereocenters. The van der Waals surface area contributed by atoms with Gasteiger partial charge < -0.3 is 4.90 Å². The van der Waals surface area contributed by atoms with Crippen LogP contribution < -0.4 is 0 Å². The quantitative estimate of drug-likeness (QED) is 0.676. The van der Waals surface area contributed by atoms with Crippen LogP contribution in [0, 0.1) is 11.8 Å². The highest BCUT2D eigenvalue weighted by Gasteiger charge is 2.32. The smallest absolute Gasteiger partial charge is 0.157 e. The summed E-state index contributed by atoms with van der Waals surface area (Å²) in [5.74, 6) is 2.24. The van der Waals surface area contributed by atoms with Gasteiger partial charge in [-0.2, -0.15) is 0 Å². The van der Waals surface area contributed by atoms with E-state index in [4.69, 9.17) is 0 Å². The molecule has 2 nitrogen and oxygen atoms in total. The van der Waals surface area contributed by atoms with Gasteiger partial charge in [0.1, 0.15) is 0 Å². The number of hydrogen-bond acceptors (Lipinski definition) is 2. The molecule has 2 fully saturated rings. The average Bonchev–Trinajstić information content (AvgIpc) is 2.75. The van der Waals surface area contributed by atoms with Gasteiger partial charge in [0.25, 0.3) is 0 Å². The summed E-state index contributed by atoms with van der Waals surface area (Å²) in [5.41, 5.74) is 1.33. The molecule has 1 saturated carbocycles. The fraction of sp³-hybridized carbons (Fsp3) is 0.786. The van der Waals surface area contributed by atoms with Gasteiger partial charge in [-0.05, 0) is 31.1 Å². The zero-order valence-electron chi connectivity index (χ0n) is 9.95. The van der Waals surface area contributed by atoms with Crippen molar-refractivity contribution >= 4 is 5.78 Å². The van der Waals surface area contributed by atoms with Gasteiger partial charge in [-0.1, -0.05) is 19.3 Å². The number of carbonyl (C=O) groups excluding carboxylic acids is 1. The van der Waals surface area contributed by atoms with Crippen molar-refractivity contribution in [3.05, 3.63) is 11.8 Å². The van der Waals surface area contributed by atoms with E-state index in [0.29, 0.717) is 5.78 Å². The SMILES string of the molecule is O=C1C=C(N2CCC3CCCCC3C2)CC1. The van der Waals surface area contributed by atoms with Gasteiger partial charge in [0.05, 0.1) is 0 Å². The van der Waals surface area contributed by atoms with Gasteiger partial charge in [-0.3, -0.25) is 4.79 Å². The molecule has 88 valence electrons. The zero-order valence-corrected chi connectivity index (χ0v) is 9.95. The largest absolute Gasteiger partial charge is 0.374 e. The highest BCUT2D eigenvalue weighted by Crippen LogP contribution is 2.38. The maximum Gasteiger partial charge on any atom is 0.157 e.